The highest BCUT2D eigenvalue weighted by atomic mass is 127. The Morgan fingerprint density at radius 2 is 1.38 bits per heavy atom. The third kappa shape index (κ3) is 4.95. The second kappa shape index (κ2) is 10.6. The van der Waals surface area contributed by atoms with Crippen LogP contribution in [-0.2, 0) is 14.9 Å². The fourth-order valence-corrected chi connectivity index (χ4v) is 10.6. The lowest BCUT2D eigenvalue weighted by Gasteiger charge is -2.55. The van der Waals surface area contributed by atoms with Gasteiger partial charge in [-0.2, -0.15) is 8.42 Å². The van der Waals surface area contributed by atoms with Crippen molar-refractivity contribution >= 4 is 61.3 Å². The monoisotopic (exact) mass is 766 g/mol. The van der Waals surface area contributed by atoms with Crippen molar-refractivity contribution in [3.63, 3.8) is 0 Å². The second-order valence-electron chi connectivity index (χ2n) is 10.0. The molecule has 2 bridgehead atoms. The number of para-hydroxylation sites is 1. The average Bonchev–Trinajstić information content (AvgIpc) is 2.91. The summed E-state index contributed by atoms with van der Waals surface area (Å²) in [6.45, 7) is 0.252. The van der Waals surface area contributed by atoms with E-state index < -0.39 is 16.0 Å². The van der Waals surface area contributed by atoms with Crippen molar-refractivity contribution in [2.24, 2.45) is 23.7 Å². The lowest BCUT2D eigenvalue weighted by Crippen LogP contribution is -2.53. The molecule has 1 N–H and O–H groups in total. The molecule has 0 radical (unpaired) electrons. The smallest absolute Gasteiger partial charge is 0.315 e. The minimum Gasteiger partial charge on any atom is -0.493 e. The number of ether oxygens (including phenoxy) is 2. The number of carbonyl (C=O) groups excluding carboxylic acids is 1. The van der Waals surface area contributed by atoms with Gasteiger partial charge in [-0.25, -0.2) is 0 Å². The van der Waals surface area contributed by atoms with Crippen LogP contribution in [0.25, 0.3) is 0 Å². The number of fused-ring (bicyclic) bond motifs is 1. The Labute approximate surface area is 254 Å². The van der Waals surface area contributed by atoms with Crippen LogP contribution in [0.5, 0.6) is 11.5 Å². The molecule has 0 heterocycles. The van der Waals surface area contributed by atoms with Gasteiger partial charge in [0.1, 0.15) is 16.4 Å². The molecule has 9 heteroatoms. The first-order valence-electron chi connectivity index (χ1n) is 12.5. The number of hydrogen-bond acceptors (Lipinski definition) is 5. The van der Waals surface area contributed by atoms with E-state index in [9.17, 15) is 17.8 Å². The number of hydrogen-bond donors (Lipinski definition) is 1. The molecule has 0 spiro atoms. The Balaban J connectivity index is 1.39. The molecule has 1 saturated carbocycles. The Morgan fingerprint density at radius 1 is 0.821 bits per heavy atom. The lowest BCUT2D eigenvalue weighted by molar-refractivity contribution is -0.146. The van der Waals surface area contributed by atoms with Crippen molar-refractivity contribution in [3.8, 4) is 11.5 Å². The minimum atomic E-state index is -4.37. The zero-order valence-electron chi connectivity index (χ0n) is 20.5. The van der Waals surface area contributed by atoms with Crippen molar-refractivity contribution in [2.75, 3.05) is 6.61 Å². The molecule has 1 fully saturated rings. The molecule has 3 aromatic rings. The molecule has 39 heavy (non-hydrogen) atoms. The number of halogens is 2. The van der Waals surface area contributed by atoms with Gasteiger partial charge in [0.2, 0.25) is 0 Å². The van der Waals surface area contributed by atoms with Gasteiger partial charge in [0.15, 0.2) is 0 Å². The first-order chi connectivity index (χ1) is 18.7. The van der Waals surface area contributed by atoms with Crippen molar-refractivity contribution < 1.29 is 27.2 Å². The molecule has 7 rings (SSSR count). The number of allylic oxidation sites excluding steroid dienone is 4. The van der Waals surface area contributed by atoms with Gasteiger partial charge in [-0.3, -0.25) is 9.35 Å². The van der Waals surface area contributed by atoms with E-state index in [1.165, 1.54) is 11.1 Å². The predicted molar refractivity (Wildman–Crippen MR) is 163 cm³/mol. The molecule has 0 aromatic heterocycles. The molecular weight excluding hydrogens is 742 g/mol. The fourth-order valence-electron chi connectivity index (χ4n) is 6.59. The fraction of sp³-hybridized carbons (Fsp3) is 0.233. The summed E-state index contributed by atoms with van der Waals surface area (Å²) < 4.78 is 46.3. The Hall–Kier alpha value is -2.22. The maximum Gasteiger partial charge on any atom is 0.315 e. The van der Waals surface area contributed by atoms with Crippen LogP contribution in [0.3, 0.4) is 0 Å². The van der Waals surface area contributed by atoms with Gasteiger partial charge < -0.3 is 9.47 Å². The summed E-state index contributed by atoms with van der Waals surface area (Å²) in [5.74, 6) is 0.501. The van der Waals surface area contributed by atoms with Crippen LogP contribution in [0.2, 0.25) is 0 Å². The number of carbonyl (C=O) groups is 1. The summed E-state index contributed by atoms with van der Waals surface area (Å²) in [6.07, 6.45) is 8.61. The van der Waals surface area contributed by atoms with E-state index in [1.807, 2.05) is 75.5 Å². The molecule has 6 atom stereocenters. The van der Waals surface area contributed by atoms with E-state index in [-0.39, 0.29) is 47.1 Å². The maximum absolute atomic E-state index is 13.9. The highest BCUT2D eigenvalue weighted by molar-refractivity contribution is 14.1. The standard InChI is InChI=1S/C30H24I2O6S/c31-24-14-18(15-25(32)29(24)39(34,35)36)37-16-23-26-19-10-4-6-12-21(19)27(22-13-7-5-11-20(22)26)28(23)30(33)38-17-8-2-1-3-9-17/h1-15,19,21,23,26-28H,16H2,(H,34,35,36). The second-order valence-corrected chi connectivity index (χ2v) is 13.7. The molecule has 0 saturated heterocycles. The maximum atomic E-state index is 13.9. The van der Waals surface area contributed by atoms with Gasteiger partial charge in [-0.1, -0.05) is 66.8 Å². The molecule has 4 aliphatic rings. The molecule has 3 aromatic carbocycles. The predicted octanol–water partition coefficient (Wildman–Crippen LogP) is 6.61. The minimum absolute atomic E-state index is 0.0426. The third-order valence-corrected chi connectivity index (χ3v) is 11.4. The van der Waals surface area contributed by atoms with E-state index in [2.05, 4.69) is 36.4 Å². The number of esters is 1. The van der Waals surface area contributed by atoms with Gasteiger partial charge in [0.25, 0.3) is 10.1 Å². The molecule has 6 nitrogen and oxygen atoms in total. The van der Waals surface area contributed by atoms with E-state index >= 15 is 0 Å². The molecule has 200 valence electrons. The highest BCUT2D eigenvalue weighted by Gasteiger charge is 2.58. The summed E-state index contributed by atoms with van der Waals surface area (Å²) in [5, 5.41) is 0. The average molecular weight is 766 g/mol. The third-order valence-electron chi connectivity index (χ3n) is 7.98. The van der Waals surface area contributed by atoms with E-state index in [0.717, 1.165) is 0 Å². The Bertz CT molecular complexity index is 1580. The molecular formula is C30H24I2O6S. The summed E-state index contributed by atoms with van der Waals surface area (Å²) >= 11 is 3.77. The van der Waals surface area contributed by atoms with E-state index in [1.54, 1.807) is 24.3 Å². The van der Waals surface area contributed by atoms with Crippen molar-refractivity contribution in [1.29, 1.82) is 0 Å². The number of benzene rings is 3. The SMILES string of the molecule is O=C(Oc1ccccc1)C1C(COc2cc(I)c(S(=O)(=O)O)c(I)c2)C2c3ccccc3C1C1C=CC=CC12. The first kappa shape index (κ1) is 27.0. The summed E-state index contributed by atoms with van der Waals surface area (Å²) in [6, 6.07) is 20.7. The summed E-state index contributed by atoms with van der Waals surface area (Å²) in [5.41, 5.74) is 2.43. The van der Waals surface area contributed by atoms with E-state index in [4.69, 9.17) is 9.47 Å². The van der Waals surface area contributed by atoms with E-state index in [0.29, 0.717) is 18.6 Å². The van der Waals surface area contributed by atoms with Gasteiger partial charge in [0.05, 0.1) is 12.5 Å². The van der Waals surface area contributed by atoms with Crippen LogP contribution in [0.15, 0.2) is 95.9 Å². The normalized spacial score (nSPS) is 26.5. The topological polar surface area (TPSA) is 89.9 Å². The Kier molecular flexibility index (Phi) is 7.36. The van der Waals surface area contributed by atoms with Crippen LogP contribution >= 0.6 is 45.2 Å². The Morgan fingerprint density at radius 3 is 2.00 bits per heavy atom. The van der Waals surface area contributed by atoms with Crippen LogP contribution in [0.4, 0.5) is 0 Å². The molecule has 6 unspecified atom stereocenters. The van der Waals surface area contributed by atoms with Crippen LogP contribution < -0.4 is 9.47 Å². The van der Waals surface area contributed by atoms with Gasteiger partial charge in [-0.05, 0) is 98.3 Å². The zero-order chi connectivity index (χ0) is 27.3. The zero-order valence-corrected chi connectivity index (χ0v) is 25.6. The summed E-state index contributed by atoms with van der Waals surface area (Å²) in [4.78, 5) is 13.8. The van der Waals surface area contributed by atoms with Crippen LogP contribution in [-0.4, -0.2) is 25.5 Å². The molecule has 4 aliphatic carbocycles. The first-order valence-corrected chi connectivity index (χ1v) is 16.1. The highest BCUT2D eigenvalue weighted by Crippen LogP contribution is 2.62. The van der Waals surface area contributed by atoms with Crippen molar-refractivity contribution in [1.82, 2.24) is 0 Å². The molecule has 0 amide bonds. The van der Waals surface area contributed by atoms with Gasteiger partial charge in [0, 0.05) is 19.0 Å². The van der Waals surface area contributed by atoms with Crippen molar-refractivity contribution in [3.05, 3.63) is 109 Å². The lowest BCUT2D eigenvalue weighted by atomic mass is 9.48. The van der Waals surface area contributed by atoms with Gasteiger partial charge in [-0.15, -0.1) is 0 Å². The van der Waals surface area contributed by atoms with Crippen molar-refractivity contribution in [2.45, 2.75) is 16.7 Å². The van der Waals surface area contributed by atoms with Crippen LogP contribution in [0.1, 0.15) is 23.0 Å². The van der Waals surface area contributed by atoms with Crippen LogP contribution in [0, 0.1) is 30.8 Å². The molecule has 0 aliphatic heterocycles. The summed E-state index contributed by atoms with van der Waals surface area (Å²) in [7, 11) is -4.37. The quantitative estimate of drug-likeness (QED) is 0.132. The van der Waals surface area contributed by atoms with Gasteiger partial charge >= 0.3 is 5.97 Å². The number of rotatable bonds is 6. The largest absolute Gasteiger partial charge is 0.493 e.